The lowest BCUT2D eigenvalue weighted by Crippen LogP contribution is -2.00. The average Bonchev–Trinajstić information content (AvgIpc) is 2.91. The molecule has 0 aliphatic carbocycles. The zero-order valence-corrected chi connectivity index (χ0v) is 10.1. The molecule has 2 rings (SSSR count). The highest BCUT2D eigenvalue weighted by atomic mass is 16.3. The number of rotatable bonds is 4. The molecule has 1 aromatic heterocycles. The van der Waals surface area contributed by atoms with E-state index in [1.807, 2.05) is 24.3 Å². The molecule has 0 aliphatic rings. The van der Waals surface area contributed by atoms with Gasteiger partial charge in [0.1, 0.15) is 6.26 Å². The van der Waals surface area contributed by atoms with Crippen LogP contribution in [-0.2, 0) is 0 Å². The van der Waals surface area contributed by atoms with Gasteiger partial charge in [-0.05, 0) is 24.0 Å². The van der Waals surface area contributed by atoms with E-state index in [1.54, 1.807) is 6.07 Å². The zero-order chi connectivity index (χ0) is 12.3. The molecule has 1 heterocycles. The third-order valence-corrected chi connectivity index (χ3v) is 3.14. The molecular weight excluding hydrogens is 212 g/mol. The average molecular weight is 228 g/mol. The van der Waals surface area contributed by atoms with Crippen molar-refractivity contribution in [2.45, 2.75) is 26.2 Å². The molecule has 0 fully saturated rings. The second kappa shape index (κ2) is 5.00. The van der Waals surface area contributed by atoms with Crippen LogP contribution in [0.2, 0.25) is 0 Å². The van der Waals surface area contributed by atoms with E-state index in [1.165, 1.54) is 18.1 Å². The Kier molecular flexibility index (Phi) is 3.43. The Morgan fingerprint density at radius 1 is 1.18 bits per heavy atom. The van der Waals surface area contributed by atoms with Crippen LogP contribution in [0.1, 0.15) is 47.7 Å². The molecular formula is C15H16O2. The Labute approximate surface area is 101 Å². The minimum absolute atomic E-state index is 0.00875. The molecule has 0 saturated heterocycles. The lowest BCUT2D eigenvalue weighted by Gasteiger charge is -2.08. The quantitative estimate of drug-likeness (QED) is 0.740. The van der Waals surface area contributed by atoms with Gasteiger partial charge in [-0.25, -0.2) is 0 Å². The molecule has 17 heavy (non-hydrogen) atoms. The second-order valence-electron chi connectivity index (χ2n) is 4.27. The fraction of sp³-hybridized carbons (Fsp3) is 0.267. The van der Waals surface area contributed by atoms with E-state index in [0.717, 1.165) is 6.42 Å². The van der Waals surface area contributed by atoms with Gasteiger partial charge in [0.15, 0.2) is 5.78 Å². The molecule has 1 aromatic carbocycles. The summed E-state index contributed by atoms with van der Waals surface area (Å²) in [6.07, 6.45) is 4.10. The summed E-state index contributed by atoms with van der Waals surface area (Å²) in [5.41, 5.74) is 2.58. The van der Waals surface area contributed by atoms with Gasteiger partial charge >= 0.3 is 0 Å². The fourth-order valence-electron chi connectivity index (χ4n) is 1.76. The van der Waals surface area contributed by atoms with Crippen molar-refractivity contribution in [2.75, 3.05) is 0 Å². The zero-order valence-electron chi connectivity index (χ0n) is 10.1. The third-order valence-electron chi connectivity index (χ3n) is 3.14. The van der Waals surface area contributed by atoms with E-state index in [4.69, 9.17) is 4.42 Å². The molecule has 88 valence electrons. The molecule has 0 saturated carbocycles. The Morgan fingerprint density at radius 2 is 1.88 bits per heavy atom. The number of hydrogen-bond donors (Lipinski definition) is 0. The van der Waals surface area contributed by atoms with Crippen LogP contribution in [-0.4, -0.2) is 5.78 Å². The van der Waals surface area contributed by atoms with Crippen LogP contribution < -0.4 is 0 Å². The predicted molar refractivity (Wildman–Crippen MR) is 67.3 cm³/mol. The lowest BCUT2D eigenvalue weighted by atomic mass is 9.96. The highest BCUT2D eigenvalue weighted by Crippen LogP contribution is 2.20. The summed E-state index contributed by atoms with van der Waals surface area (Å²) < 4.78 is 4.92. The van der Waals surface area contributed by atoms with Gasteiger partial charge in [0.05, 0.1) is 11.8 Å². The van der Waals surface area contributed by atoms with Crippen molar-refractivity contribution >= 4 is 5.78 Å². The van der Waals surface area contributed by atoms with Gasteiger partial charge in [-0.15, -0.1) is 0 Å². The Balaban J connectivity index is 2.21. The highest BCUT2D eigenvalue weighted by Gasteiger charge is 2.10. The molecule has 0 amide bonds. The summed E-state index contributed by atoms with van der Waals surface area (Å²) in [6.45, 7) is 4.35. The van der Waals surface area contributed by atoms with Crippen LogP contribution in [0, 0.1) is 0 Å². The number of carbonyl (C=O) groups excluding carboxylic acids is 1. The van der Waals surface area contributed by atoms with Gasteiger partial charge in [-0.3, -0.25) is 4.79 Å². The SMILES string of the molecule is CCC(C)c1ccc(C(=O)c2ccoc2)cc1. The monoisotopic (exact) mass is 228 g/mol. The standard InChI is InChI=1S/C15H16O2/c1-3-11(2)12-4-6-13(7-5-12)15(16)14-8-9-17-10-14/h4-11H,3H2,1-2H3. The molecule has 0 N–H and O–H groups in total. The summed E-state index contributed by atoms with van der Waals surface area (Å²) in [5.74, 6) is 0.544. The second-order valence-corrected chi connectivity index (χ2v) is 4.27. The van der Waals surface area contributed by atoms with Gasteiger partial charge in [0.25, 0.3) is 0 Å². The summed E-state index contributed by atoms with van der Waals surface area (Å²) in [6, 6.07) is 9.52. The number of ketones is 1. The smallest absolute Gasteiger partial charge is 0.196 e. The molecule has 2 aromatic rings. The summed E-state index contributed by atoms with van der Waals surface area (Å²) >= 11 is 0. The molecule has 2 heteroatoms. The van der Waals surface area contributed by atoms with E-state index >= 15 is 0 Å². The Morgan fingerprint density at radius 3 is 2.41 bits per heavy atom. The molecule has 0 spiro atoms. The first-order chi connectivity index (χ1) is 8.22. The summed E-state index contributed by atoms with van der Waals surface area (Å²) in [5, 5.41) is 0. The molecule has 1 unspecified atom stereocenters. The largest absolute Gasteiger partial charge is 0.472 e. The molecule has 0 radical (unpaired) electrons. The van der Waals surface area contributed by atoms with Gasteiger partial charge in [0.2, 0.25) is 0 Å². The van der Waals surface area contributed by atoms with E-state index < -0.39 is 0 Å². The van der Waals surface area contributed by atoms with Crippen LogP contribution in [0.5, 0.6) is 0 Å². The predicted octanol–water partition coefficient (Wildman–Crippen LogP) is 4.02. The minimum atomic E-state index is 0.00875. The molecule has 1 atom stereocenters. The fourth-order valence-corrected chi connectivity index (χ4v) is 1.76. The van der Waals surface area contributed by atoms with Crippen LogP contribution in [0.15, 0.2) is 47.3 Å². The molecule has 0 aliphatic heterocycles. The van der Waals surface area contributed by atoms with Crippen molar-refractivity contribution < 1.29 is 9.21 Å². The van der Waals surface area contributed by atoms with E-state index in [2.05, 4.69) is 13.8 Å². The lowest BCUT2D eigenvalue weighted by molar-refractivity contribution is 0.103. The van der Waals surface area contributed by atoms with Crippen LogP contribution in [0.25, 0.3) is 0 Å². The van der Waals surface area contributed by atoms with Crippen molar-refractivity contribution in [2.24, 2.45) is 0 Å². The van der Waals surface area contributed by atoms with Crippen molar-refractivity contribution in [3.05, 3.63) is 59.5 Å². The number of benzene rings is 1. The van der Waals surface area contributed by atoms with Crippen LogP contribution >= 0.6 is 0 Å². The molecule has 0 bridgehead atoms. The van der Waals surface area contributed by atoms with E-state index in [9.17, 15) is 4.79 Å². The normalized spacial score (nSPS) is 12.4. The highest BCUT2D eigenvalue weighted by molar-refractivity contribution is 6.08. The number of hydrogen-bond acceptors (Lipinski definition) is 2. The maximum absolute atomic E-state index is 12.0. The maximum atomic E-state index is 12.0. The van der Waals surface area contributed by atoms with Gasteiger partial charge in [0, 0.05) is 5.56 Å². The van der Waals surface area contributed by atoms with Crippen molar-refractivity contribution in [1.29, 1.82) is 0 Å². The summed E-state index contributed by atoms with van der Waals surface area (Å²) in [7, 11) is 0. The van der Waals surface area contributed by atoms with E-state index in [0.29, 0.717) is 17.0 Å². The van der Waals surface area contributed by atoms with E-state index in [-0.39, 0.29) is 5.78 Å². The Bertz CT molecular complexity index is 480. The van der Waals surface area contributed by atoms with Crippen LogP contribution in [0.3, 0.4) is 0 Å². The minimum Gasteiger partial charge on any atom is -0.472 e. The first kappa shape index (κ1) is 11.6. The maximum Gasteiger partial charge on any atom is 0.196 e. The first-order valence-corrected chi connectivity index (χ1v) is 5.89. The number of furan rings is 1. The van der Waals surface area contributed by atoms with Crippen molar-refractivity contribution in [3.8, 4) is 0 Å². The van der Waals surface area contributed by atoms with Crippen molar-refractivity contribution in [3.63, 3.8) is 0 Å². The van der Waals surface area contributed by atoms with Gasteiger partial charge in [-0.2, -0.15) is 0 Å². The number of carbonyl (C=O) groups is 1. The van der Waals surface area contributed by atoms with Crippen LogP contribution in [0.4, 0.5) is 0 Å². The summed E-state index contributed by atoms with van der Waals surface area (Å²) in [4.78, 5) is 12.0. The van der Waals surface area contributed by atoms with Gasteiger partial charge < -0.3 is 4.42 Å². The molecule has 2 nitrogen and oxygen atoms in total. The Hall–Kier alpha value is -1.83. The third kappa shape index (κ3) is 2.47. The van der Waals surface area contributed by atoms with Gasteiger partial charge in [-0.1, -0.05) is 38.1 Å². The van der Waals surface area contributed by atoms with Crippen molar-refractivity contribution in [1.82, 2.24) is 0 Å². The first-order valence-electron chi connectivity index (χ1n) is 5.89. The topological polar surface area (TPSA) is 30.2 Å².